The number of nitrogens with one attached hydrogen (secondary N) is 3. The number of hydrogen-bond donors (Lipinski definition) is 4. The van der Waals surface area contributed by atoms with Gasteiger partial charge in [-0.05, 0) is 48.6 Å². The number of H-pyrrole nitrogens is 1. The highest BCUT2D eigenvalue weighted by Crippen LogP contribution is 2.38. The van der Waals surface area contributed by atoms with E-state index in [4.69, 9.17) is 10.5 Å². The molecule has 2 aromatic carbocycles. The van der Waals surface area contributed by atoms with Crippen molar-refractivity contribution < 1.29 is 23.9 Å². The van der Waals surface area contributed by atoms with E-state index in [2.05, 4.69) is 15.6 Å². The van der Waals surface area contributed by atoms with Crippen molar-refractivity contribution in [1.29, 1.82) is 0 Å². The van der Waals surface area contributed by atoms with Gasteiger partial charge in [0.25, 0.3) is 0 Å². The van der Waals surface area contributed by atoms with Crippen LogP contribution in [0, 0.1) is 11.8 Å². The molecule has 2 aliphatic rings. The summed E-state index contributed by atoms with van der Waals surface area (Å²) in [5, 5.41) is 6.35. The van der Waals surface area contributed by atoms with E-state index < -0.39 is 29.7 Å². The zero-order valence-electron chi connectivity index (χ0n) is 20.6. The van der Waals surface area contributed by atoms with Gasteiger partial charge in [-0.3, -0.25) is 19.2 Å². The number of fused-ring (bicyclic) bond motifs is 2. The molecule has 5 rings (SSSR count). The van der Waals surface area contributed by atoms with Crippen LogP contribution < -0.4 is 21.1 Å². The fourth-order valence-electron chi connectivity index (χ4n) is 5.11. The molecular weight excluding hydrogens is 472 g/mol. The first-order valence-electron chi connectivity index (χ1n) is 12.5. The van der Waals surface area contributed by atoms with Gasteiger partial charge in [-0.2, -0.15) is 0 Å². The quantitative estimate of drug-likeness (QED) is 0.298. The number of methoxy groups -OCH3 is 1. The number of Topliss-reactive ketones (excluding diaryl/α,β-unsaturated/α-hetero) is 1. The van der Waals surface area contributed by atoms with Gasteiger partial charge in [0.1, 0.15) is 11.8 Å². The van der Waals surface area contributed by atoms with E-state index in [1.54, 1.807) is 19.2 Å². The molecule has 3 aromatic rings. The highest BCUT2D eigenvalue weighted by atomic mass is 16.5. The van der Waals surface area contributed by atoms with Gasteiger partial charge < -0.3 is 26.1 Å². The highest BCUT2D eigenvalue weighted by molar-refractivity contribution is 6.04. The van der Waals surface area contributed by atoms with Gasteiger partial charge in [0, 0.05) is 28.9 Å². The lowest BCUT2D eigenvalue weighted by Crippen LogP contribution is -2.48. The number of ether oxygens (including phenoxy) is 1. The fourth-order valence-corrected chi connectivity index (χ4v) is 5.11. The van der Waals surface area contributed by atoms with Crippen LogP contribution in [0.15, 0.2) is 48.5 Å². The van der Waals surface area contributed by atoms with Gasteiger partial charge in [-0.1, -0.05) is 37.1 Å². The number of rotatable bonds is 11. The van der Waals surface area contributed by atoms with Crippen LogP contribution in [0.5, 0.6) is 5.75 Å². The summed E-state index contributed by atoms with van der Waals surface area (Å²) in [4.78, 5) is 54.5. The average molecular weight is 503 g/mol. The van der Waals surface area contributed by atoms with Gasteiger partial charge in [-0.15, -0.1) is 0 Å². The molecule has 0 bridgehead atoms. The molecule has 0 saturated heterocycles. The van der Waals surface area contributed by atoms with Crippen LogP contribution in [0.3, 0.4) is 0 Å². The summed E-state index contributed by atoms with van der Waals surface area (Å²) in [6, 6.07) is 13.5. The van der Waals surface area contributed by atoms with Gasteiger partial charge in [0.15, 0.2) is 5.78 Å². The summed E-state index contributed by atoms with van der Waals surface area (Å²) in [7, 11) is 1.57. The van der Waals surface area contributed by atoms with Crippen LogP contribution in [-0.4, -0.2) is 41.6 Å². The van der Waals surface area contributed by atoms with E-state index in [-0.39, 0.29) is 24.5 Å². The van der Waals surface area contributed by atoms with E-state index in [0.717, 1.165) is 29.3 Å². The molecule has 3 atom stereocenters. The Morgan fingerprint density at radius 1 is 1.11 bits per heavy atom. The van der Waals surface area contributed by atoms with Crippen LogP contribution in [0.4, 0.5) is 5.69 Å². The fraction of sp³-hybridized carbons (Fsp3) is 0.357. The second-order valence-corrected chi connectivity index (χ2v) is 9.94. The molecule has 1 aliphatic heterocycles. The topological polar surface area (TPSA) is 143 Å². The number of hydrogen-bond acceptors (Lipinski definition) is 5. The molecule has 3 amide bonds. The number of primary amides is 1. The summed E-state index contributed by atoms with van der Waals surface area (Å²) in [6.45, 7) is 0. The molecule has 192 valence electrons. The largest absolute Gasteiger partial charge is 0.496 e. The summed E-state index contributed by atoms with van der Waals surface area (Å²) < 4.78 is 5.38. The molecule has 37 heavy (non-hydrogen) atoms. The van der Waals surface area contributed by atoms with Crippen LogP contribution >= 0.6 is 0 Å². The lowest BCUT2D eigenvalue weighted by molar-refractivity contribution is -0.130. The Labute approximate surface area is 214 Å². The van der Waals surface area contributed by atoms with Gasteiger partial charge in [0.05, 0.1) is 18.7 Å². The third-order valence-corrected chi connectivity index (χ3v) is 7.30. The zero-order valence-corrected chi connectivity index (χ0v) is 20.6. The Morgan fingerprint density at radius 2 is 1.89 bits per heavy atom. The third kappa shape index (κ3) is 5.21. The van der Waals surface area contributed by atoms with Crippen molar-refractivity contribution in [1.82, 2.24) is 10.3 Å². The van der Waals surface area contributed by atoms with Crippen molar-refractivity contribution in [3.8, 4) is 5.75 Å². The maximum atomic E-state index is 13.4. The first-order valence-corrected chi connectivity index (χ1v) is 12.5. The number of aromatic amines is 1. The molecule has 5 N–H and O–H groups in total. The number of anilines is 1. The van der Waals surface area contributed by atoms with Crippen LogP contribution in [0.1, 0.15) is 54.1 Å². The normalized spacial score (nSPS) is 18.1. The highest BCUT2D eigenvalue weighted by Gasteiger charge is 2.37. The number of benzene rings is 2. The van der Waals surface area contributed by atoms with E-state index in [1.165, 1.54) is 0 Å². The van der Waals surface area contributed by atoms with Gasteiger partial charge in [-0.25, -0.2) is 0 Å². The first-order chi connectivity index (χ1) is 17.8. The predicted molar refractivity (Wildman–Crippen MR) is 138 cm³/mol. The molecule has 1 aromatic heterocycles. The Balaban J connectivity index is 1.31. The van der Waals surface area contributed by atoms with Crippen LogP contribution in [0.2, 0.25) is 0 Å². The smallest absolute Gasteiger partial charge is 0.240 e. The van der Waals surface area contributed by atoms with Crippen molar-refractivity contribution in [2.75, 3.05) is 12.4 Å². The molecule has 0 spiro atoms. The third-order valence-electron chi connectivity index (χ3n) is 7.30. The van der Waals surface area contributed by atoms with E-state index in [9.17, 15) is 19.2 Å². The summed E-state index contributed by atoms with van der Waals surface area (Å²) in [5.74, 6) is -1.72. The van der Waals surface area contributed by atoms with Crippen molar-refractivity contribution >= 4 is 40.1 Å². The number of ketones is 1. The number of carbonyl (C=O) groups excluding carboxylic acids is 4. The molecule has 1 aliphatic carbocycles. The lowest BCUT2D eigenvalue weighted by Gasteiger charge is -2.22. The SMILES string of the molecule is COc1cccc2[nH]c(C(=O)C[C@@H](CC3CC3)C(=O)N[C@@H](CC3C(=O)Nc4ccccc43)C(N)=O)cc12. The first kappa shape index (κ1) is 24.5. The summed E-state index contributed by atoms with van der Waals surface area (Å²) >= 11 is 0. The predicted octanol–water partition coefficient (Wildman–Crippen LogP) is 3.26. The number of aromatic nitrogens is 1. The standard InChI is InChI=1S/C28H30N4O5/c1-37-25-8-4-7-21-19(25)14-22(30-21)24(33)12-16(11-15-9-10-15)27(35)32-23(26(29)34)13-18-17-5-2-3-6-20(17)31-28(18)36/h2-8,14-16,18,23,30H,9-13H2,1H3,(H2,29,34)(H,31,36)(H,32,35)/t16-,18?,23+/m1/s1. The van der Waals surface area contributed by atoms with Crippen LogP contribution in [0.25, 0.3) is 10.9 Å². The van der Waals surface area contributed by atoms with Crippen molar-refractivity contribution in [2.24, 2.45) is 17.6 Å². The minimum atomic E-state index is -1.04. The zero-order chi connectivity index (χ0) is 26.1. The number of para-hydroxylation sites is 1. The van der Waals surface area contributed by atoms with E-state index in [0.29, 0.717) is 29.5 Å². The Bertz CT molecular complexity index is 1380. The second kappa shape index (κ2) is 10.1. The molecule has 0 radical (unpaired) electrons. The Kier molecular flexibility index (Phi) is 6.69. The molecule has 1 fully saturated rings. The number of carbonyl (C=O) groups is 4. The van der Waals surface area contributed by atoms with Gasteiger partial charge >= 0.3 is 0 Å². The molecule has 2 heterocycles. The van der Waals surface area contributed by atoms with E-state index in [1.807, 2.05) is 36.4 Å². The second-order valence-electron chi connectivity index (χ2n) is 9.94. The van der Waals surface area contributed by atoms with Crippen LogP contribution in [-0.2, 0) is 14.4 Å². The average Bonchev–Trinajstić information content (AvgIpc) is 3.49. The minimum Gasteiger partial charge on any atom is -0.496 e. The monoisotopic (exact) mass is 502 g/mol. The minimum absolute atomic E-state index is 0.00427. The molecule has 9 heteroatoms. The Hall–Kier alpha value is -4.14. The van der Waals surface area contributed by atoms with E-state index >= 15 is 0 Å². The summed E-state index contributed by atoms with van der Waals surface area (Å²) in [6.07, 6.45) is 2.63. The molecular formula is C28H30N4O5. The molecule has 9 nitrogen and oxygen atoms in total. The van der Waals surface area contributed by atoms with Crippen molar-refractivity contribution in [3.63, 3.8) is 0 Å². The number of amides is 3. The van der Waals surface area contributed by atoms with Gasteiger partial charge in [0.2, 0.25) is 17.7 Å². The Morgan fingerprint density at radius 3 is 2.62 bits per heavy atom. The maximum Gasteiger partial charge on any atom is 0.240 e. The van der Waals surface area contributed by atoms with Crippen molar-refractivity contribution in [2.45, 2.75) is 44.1 Å². The maximum absolute atomic E-state index is 13.4. The summed E-state index contributed by atoms with van der Waals surface area (Å²) in [5.41, 5.74) is 8.27. The number of nitrogens with two attached hydrogens (primary N) is 1. The molecule has 1 unspecified atom stereocenters. The van der Waals surface area contributed by atoms with Crippen molar-refractivity contribution in [3.05, 3.63) is 59.8 Å². The lowest BCUT2D eigenvalue weighted by atomic mass is 9.91. The molecule has 1 saturated carbocycles.